The van der Waals surface area contributed by atoms with E-state index in [1.807, 2.05) is 0 Å². The predicted octanol–water partition coefficient (Wildman–Crippen LogP) is 2.28. The van der Waals surface area contributed by atoms with Gasteiger partial charge in [0, 0.05) is 16.4 Å². The molecular weight excluding hydrogens is 254 g/mol. The Bertz CT molecular complexity index is 355. The second kappa shape index (κ2) is 4.24. The van der Waals surface area contributed by atoms with E-state index in [4.69, 9.17) is 10.5 Å². The summed E-state index contributed by atoms with van der Waals surface area (Å²) in [6.45, 7) is 4.45. The number of rotatable bonds is 3. The Balaban J connectivity index is 2.19. The number of hydrogen-bond donors (Lipinski definition) is 1. The van der Waals surface area contributed by atoms with E-state index in [-0.39, 0.29) is 5.41 Å². The van der Waals surface area contributed by atoms with Gasteiger partial charge in [-0.05, 0) is 36.6 Å². The molecule has 15 heavy (non-hydrogen) atoms. The number of hydrogen-bond acceptors (Lipinski definition) is 2. The third-order valence-corrected chi connectivity index (χ3v) is 3.62. The van der Waals surface area contributed by atoms with Crippen LogP contribution in [0.1, 0.15) is 11.1 Å². The minimum Gasteiger partial charge on any atom is -0.380 e. The first-order valence-corrected chi connectivity index (χ1v) is 5.97. The highest BCUT2D eigenvalue weighted by atomic mass is 79.9. The van der Waals surface area contributed by atoms with E-state index < -0.39 is 0 Å². The van der Waals surface area contributed by atoms with E-state index in [0.29, 0.717) is 6.54 Å². The van der Waals surface area contributed by atoms with Crippen LogP contribution in [0, 0.1) is 12.3 Å². The van der Waals surface area contributed by atoms with E-state index in [2.05, 4.69) is 41.1 Å². The van der Waals surface area contributed by atoms with Crippen LogP contribution in [0.25, 0.3) is 0 Å². The molecule has 0 aliphatic carbocycles. The topological polar surface area (TPSA) is 35.2 Å². The quantitative estimate of drug-likeness (QED) is 0.914. The number of halogens is 1. The van der Waals surface area contributed by atoms with Crippen LogP contribution in [0.15, 0.2) is 22.7 Å². The smallest absolute Gasteiger partial charge is 0.0560 e. The van der Waals surface area contributed by atoms with Crippen LogP contribution in [0.4, 0.5) is 0 Å². The molecule has 2 N–H and O–H groups in total. The Morgan fingerprint density at radius 2 is 2.20 bits per heavy atom. The van der Waals surface area contributed by atoms with Crippen molar-refractivity contribution in [2.24, 2.45) is 11.1 Å². The predicted molar refractivity (Wildman–Crippen MR) is 64.9 cm³/mol. The lowest BCUT2D eigenvalue weighted by Gasteiger charge is -2.41. The van der Waals surface area contributed by atoms with E-state index in [0.717, 1.165) is 24.1 Å². The molecule has 0 bridgehead atoms. The van der Waals surface area contributed by atoms with Crippen LogP contribution in [0.5, 0.6) is 0 Å². The van der Waals surface area contributed by atoms with Gasteiger partial charge in [-0.25, -0.2) is 0 Å². The molecule has 1 aromatic rings. The van der Waals surface area contributed by atoms with Gasteiger partial charge in [0.05, 0.1) is 13.2 Å². The van der Waals surface area contributed by atoms with Crippen molar-refractivity contribution in [1.29, 1.82) is 0 Å². The largest absolute Gasteiger partial charge is 0.380 e. The molecule has 0 radical (unpaired) electrons. The third-order valence-electron chi connectivity index (χ3n) is 3.13. The van der Waals surface area contributed by atoms with Crippen molar-refractivity contribution in [3.05, 3.63) is 33.8 Å². The summed E-state index contributed by atoms with van der Waals surface area (Å²) in [7, 11) is 0. The van der Waals surface area contributed by atoms with Crippen molar-refractivity contribution in [3.63, 3.8) is 0 Å². The highest BCUT2D eigenvalue weighted by Crippen LogP contribution is 2.32. The van der Waals surface area contributed by atoms with Gasteiger partial charge < -0.3 is 10.5 Å². The zero-order valence-corrected chi connectivity index (χ0v) is 10.5. The summed E-state index contributed by atoms with van der Waals surface area (Å²) in [5, 5.41) is 0. The Morgan fingerprint density at radius 1 is 1.47 bits per heavy atom. The Morgan fingerprint density at radius 3 is 2.73 bits per heavy atom. The molecule has 0 amide bonds. The van der Waals surface area contributed by atoms with Gasteiger partial charge in [0.15, 0.2) is 0 Å². The standard InChI is InChI=1S/C12H16BrNO/c1-9-2-3-11(13)4-10(9)5-12(6-14)7-15-8-12/h2-4H,5-8,14H2,1H3. The molecule has 1 saturated heterocycles. The summed E-state index contributed by atoms with van der Waals surface area (Å²) in [4.78, 5) is 0. The van der Waals surface area contributed by atoms with Gasteiger partial charge in [-0.15, -0.1) is 0 Å². The first-order valence-electron chi connectivity index (χ1n) is 5.18. The monoisotopic (exact) mass is 269 g/mol. The Kier molecular flexibility index (Phi) is 3.14. The van der Waals surface area contributed by atoms with Crippen molar-refractivity contribution in [1.82, 2.24) is 0 Å². The molecule has 0 aromatic heterocycles. The summed E-state index contributed by atoms with van der Waals surface area (Å²) in [6, 6.07) is 6.40. The molecule has 3 heteroatoms. The Hall–Kier alpha value is -0.380. The molecule has 2 rings (SSSR count). The maximum Gasteiger partial charge on any atom is 0.0560 e. The zero-order chi connectivity index (χ0) is 10.9. The fourth-order valence-electron chi connectivity index (χ4n) is 1.92. The fraction of sp³-hybridized carbons (Fsp3) is 0.500. The van der Waals surface area contributed by atoms with Crippen molar-refractivity contribution >= 4 is 15.9 Å². The molecule has 2 nitrogen and oxygen atoms in total. The number of ether oxygens (including phenoxy) is 1. The van der Waals surface area contributed by atoms with Crippen LogP contribution >= 0.6 is 15.9 Å². The Labute approximate surface area is 98.9 Å². The van der Waals surface area contributed by atoms with Crippen molar-refractivity contribution < 1.29 is 4.74 Å². The van der Waals surface area contributed by atoms with Gasteiger partial charge >= 0.3 is 0 Å². The van der Waals surface area contributed by atoms with Gasteiger partial charge in [-0.3, -0.25) is 0 Å². The van der Waals surface area contributed by atoms with E-state index in [1.54, 1.807) is 0 Å². The van der Waals surface area contributed by atoms with Crippen LogP contribution < -0.4 is 5.73 Å². The average molecular weight is 270 g/mol. The third kappa shape index (κ3) is 2.25. The molecule has 1 aliphatic heterocycles. The van der Waals surface area contributed by atoms with Crippen LogP contribution in [0.2, 0.25) is 0 Å². The molecule has 1 aliphatic rings. The normalized spacial score (nSPS) is 18.6. The second-order valence-corrected chi connectivity index (χ2v) is 5.36. The molecular formula is C12H16BrNO. The van der Waals surface area contributed by atoms with E-state index >= 15 is 0 Å². The summed E-state index contributed by atoms with van der Waals surface area (Å²) >= 11 is 3.50. The summed E-state index contributed by atoms with van der Waals surface area (Å²) in [6.07, 6.45) is 1.02. The molecule has 0 atom stereocenters. The minimum absolute atomic E-state index is 0.186. The summed E-state index contributed by atoms with van der Waals surface area (Å²) in [5.41, 5.74) is 8.70. The fourth-order valence-corrected chi connectivity index (χ4v) is 2.33. The lowest BCUT2D eigenvalue weighted by Crippen LogP contribution is -2.49. The maximum absolute atomic E-state index is 5.81. The van der Waals surface area contributed by atoms with Gasteiger partial charge in [-0.1, -0.05) is 22.0 Å². The first kappa shape index (κ1) is 11.1. The van der Waals surface area contributed by atoms with Gasteiger partial charge in [0.1, 0.15) is 0 Å². The molecule has 0 spiro atoms. The second-order valence-electron chi connectivity index (χ2n) is 4.44. The summed E-state index contributed by atoms with van der Waals surface area (Å²) in [5.74, 6) is 0. The first-order chi connectivity index (χ1) is 7.15. The van der Waals surface area contributed by atoms with Crippen molar-refractivity contribution in [2.75, 3.05) is 19.8 Å². The van der Waals surface area contributed by atoms with E-state index in [1.165, 1.54) is 11.1 Å². The maximum atomic E-state index is 5.81. The number of nitrogens with two attached hydrogens (primary N) is 1. The molecule has 1 aromatic carbocycles. The lowest BCUT2D eigenvalue weighted by atomic mass is 9.79. The SMILES string of the molecule is Cc1ccc(Br)cc1CC1(CN)COC1. The highest BCUT2D eigenvalue weighted by molar-refractivity contribution is 9.10. The minimum atomic E-state index is 0.186. The van der Waals surface area contributed by atoms with Crippen LogP contribution in [-0.4, -0.2) is 19.8 Å². The number of benzene rings is 1. The number of aryl methyl sites for hydroxylation is 1. The van der Waals surface area contributed by atoms with Crippen molar-refractivity contribution in [2.45, 2.75) is 13.3 Å². The molecule has 1 heterocycles. The molecule has 0 saturated carbocycles. The van der Waals surface area contributed by atoms with Gasteiger partial charge in [-0.2, -0.15) is 0 Å². The van der Waals surface area contributed by atoms with Gasteiger partial charge in [0.25, 0.3) is 0 Å². The average Bonchev–Trinajstić information content (AvgIpc) is 2.17. The molecule has 82 valence electrons. The van der Waals surface area contributed by atoms with Crippen molar-refractivity contribution in [3.8, 4) is 0 Å². The highest BCUT2D eigenvalue weighted by Gasteiger charge is 2.37. The molecule has 0 unspecified atom stereocenters. The lowest BCUT2D eigenvalue weighted by molar-refractivity contribution is -0.106. The summed E-state index contributed by atoms with van der Waals surface area (Å²) < 4.78 is 6.41. The zero-order valence-electron chi connectivity index (χ0n) is 8.92. The van der Waals surface area contributed by atoms with Crippen LogP contribution in [0.3, 0.4) is 0 Å². The molecule has 1 fully saturated rings. The van der Waals surface area contributed by atoms with Gasteiger partial charge in [0.2, 0.25) is 0 Å². The van der Waals surface area contributed by atoms with E-state index in [9.17, 15) is 0 Å². The van der Waals surface area contributed by atoms with Crippen LogP contribution in [-0.2, 0) is 11.2 Å².